The molecule has 0 saturated carbocycles. The summed E-state index contributed by atoms with van der Waals surface area (Å²) in [5.74, 6) is 0.303. The molecule has 0 aliphatic carbocycles. The summed E-state index contributed by atoms with van der Waals surface area (Å²) in [6.45, 7) is 0.620. The van der Waals surface area contributed by atoms with Gasteiger partial charge in [0, 0.05) is 39.5 Å². The van der Waals surface area contributed by atoms with Crippen molar-refractivity contribution >= 4 is 46.9 Å². The minimum Gasteiger partial charge on any atom is -0.322 e. The molecule has 1 aliphatic heterocycles. The first-order chi connectivity index (χ1) is 11.6. The molecule has 0 aromatic heterocycles. The number of thioether (sulfide) groups is 1. The number of amides is 1. The van der Waals surface area contributed by atoms with E-state index in [1.165, 1.54) is 18.2 Å². The van der Waals surface area contributed by atoms with Crippen molar-refractivity contribution in [3.63, 3.8) is 0 Å². The van der Waals surface area contributed by atoms with E-state index in [1.807, 2.05) is 6.07 Å². The Balaban J connectivity index is 1.80. The zero-order valence-corrected chi connectivity index (χ0v) is 14.9. The molecule has 6 heteroatoms. The summed E-state index contributed by atoms with van der Waals surface area (Å²) in [4.78, 5) is 14.3. The Morgan fingerprint density at radius 3 is 2.79 bits per heavy atom. The lowest BCUT2D eigenvalue weighted by atomic mass is 10.2. The number of carbonyl (C=O) groups excluding carboxylic acids is 1. The second kappa shape index (κ2) is 7.60. The Labute approximate surface area is 154 Å². The largest absolute Gasteiger partial charge is 0.322 e. The van der Waals surface area contributed by atoms with Gasteiger partial charge in [0.05, 0.1) is 0 Å². The van der Waals surface area contributed by atoms with E-state index in [0.29, 0.717) is 22.2 Å². The van der Waals surface area contributed by atoms with Crippen LogP contribution in [0.1, 0.15) is 16.5 Å². The summed E-state index contributed by atoms with van der Waals surface area (Å²) in [6, 6.07) is 11.6. The van der Waals surface area contributed by atoms with Gasteiger partial charge in [0.1, 0.15) is 11.2 Å². The molecule has 0 radical (unpaired) electrons. The van der Waals surface area contributed by atoms with Gasteiger partial charge in [-0.2, -0.15) is 0 Å². The number of rotatable bonds is 3. The third-order valence-electron chi connectivity index (χ3n) is 3.71. The molecule has 0 bridgehead atoms. The topological polar surface area (TPSA) is 20.3 Å². The van der Waals surface area contributed by atoms with Gasteiger partial charge in [-0.3, -0.25) is 4.79 Å². The molecule has 2 aromatic rings. The fourth-order valence-corrected chi connectivity index (χ4v) is 4.40. The fraction of sp³-hybridized carbons (Fsp3) is 0.167. The maximum atomic E-state index is 13.6. The van der Waals surface area contributed by atoms with Gasteiger partial charge in [0.15, 0.2) is 0 Å². The molecule has 1 unspecified atom stereocenters. The van der Waals surface area contributed by atoms with Crippen molar-refractivity contribution in [2.75, 3.05) is 12.3 Å². The molecule has 2 nitrogen and oxygen atoms in total. The quantitative estimate of drug-likeness (QED) is 0.661. The van der Waals surface area contributed by atoms with E-state index in [0.717, 1.165) is 11.3 Å². The van der Waals surface area contributed by atoms with Crippen LogP contribution in [-0.2, 0) is 4.79 Å². The van der Waals surface area contributed by atoms with Crippen LogP contribution in [0.25, 0.3) is 6.08 Å². The van der Waals surface area contributed by atoms with Crippen molar-refractivity contribution in [2.45, 2.75) is 5.37 Å². The molecule has 3 rings (SSSR count). The molecule has 1 amide bonds. The Morgan fingerprint density at radius 1 is 1.25 bits per heavy atom. The molecule has 1 saturated heterocycles. The van der Waals surface area contributed by atoms with Gasteiger partial charge in [-0.1, -0.05) is 47.5 Å². The molecular weight excluding hydrogens is 368 g/mol. The van der Waals surface area contributed by atoms with E-state index in [9.17, 15) is 9.18 Å². The van der Waals surface area contributed by atoms with E-state index in [4.69, 9.17) is 23.2 Å². The molecule has 0 spiro atoms. The summed E-state index contributed by atoms with van der Waals surface area (Å²) in [5.41, 5.74) is 1.25. The lowest BCUT2D eigenvalue weighted by Gasteiger charge is -2.23. The van der Waals surface area contributed by atoms with Gasteiger partial charge in [-0.05, 0) is 24.3 Å². The number of hydrogen-bond acceptors (Lipinski definition) is 2. The van der Waals surface area contributed by atoms with Gasteiger partial charge >= 0.3 is 0 Å². The third kappa shape index (κ3) is 3.77. The lowest BCUT2D eigenvalue weighted by molar-refractivity contribution is -0.126. The smallest absolute Gasteiger partial charge is 0.247 e. The molecule has 1 heterocycles. The van der Waals surface area contributed by atoms with Gasteiger partial charge < -0.3 is 4.90 Å². The van der Waals surface area contributed by atoms with E-state index in [2.05, 4.69) is 0 Å². The van der Waals surface area contributed by atoms with Crippen LogP contribution in [0.2, 0.25) is 10.0 Å². The van der Waals surface area contributed by atoms with E-state index >= 15 is 0 Å². The zero-order chi connectivity index (χ0) is 17.1. The highest BCUT2D eigenvalue weighted by molar-refractivity contribution is 7.99. The average molecular weight is 382 g/mol. The highest BCUT2D eigenvalue weighted by Crippen LogP contribution is 2.41. The van der Waals surface area contributed by atoms with Gasteiger partial charge in [-0.15, -0.1) is 11.8 Å². The molecule has 2 aromatic carbocycles. The van der Waals surface area contributed by atoms with Crippen LogP contribution in [0.3, 0.4) is 0 Å². The standard InChI is InChI=1S/C18H14Cl2FNOS/c19-13-6-7-14(15(20)11-13)18-22(9-10-24-18)17(23)8-5-12-3-1-2-4-16(12)21/h1-8,11,18H,9-10H2/b8-5+. The average Bonchev–Trinajstić information content (AvgIpc) is 3.03. The van der Waals surface area contributed by atoms with Crippen LogP contribution in [0.4, 0.5) is 4.39 Å². The van der Waals surface area contributed by atoms with E-state index < -0.39 is 0 Å². The predicted molar refractivity (Wildman–Crippen MR) is 98.8 cm³/mol. The van der Waals surface area contributed by atoms with Crippen LogP contribution in [0.5, 0.6) is 0 Å². The van der Waals surface area contributed by atoms with Crippen LogP contribution < -0.4 is 0 Å². The van der Waals surface area contributed by atoms with Crippen molar-refractivity contribution in [3.8, 4) is 0 Å². The van der Waals surface area contributed by atoms with E-state index in [1.54, 1.807) is 47.0 Å². The normalized spacial score (nSPS) is 17.6. The Kier molecular flexibility index (Phi) is 5.49. The van der Waals surface area contributed by atoms with Crippen LogP contribution in [-0.4, -0.2) is 23.1 Å². The molecule has 1 atom stereocenters. The first-order valence-corrected chi connectivity index (χ1v) is 9.16. The SMILES string of the molecule is O=C(/C=C/c1ccccc1F)N1CCSC1c1ccc(Cl)cc1Cl. The number of carbonyl (C=O) groups is 1. The molecular formula is C18H14Cl2FNOS. The maximum absolute atomic E-state index is 13.6. The van der Waals surface area contributed by atoms with Gasteiger partial charge in [0.25, 0.3) is 0 Å². The van der Waals surface area contributed by atoms with Crippen molar-refractivity contribution < 1.29 is 9.18 Å². The highest BCUT2D eigenvalue weighted by atomic mass is 35.5. The molecule has 24 heavy (non-hydrogen) atoms. The summed E-state index contributed by atoms with van der Waals surface area (Å²) >= 11 is 13.9. The third-order valence-corrected chi connectivity index (χ3v) is 5.52. The minimum atomic E-state index is -0.352. The van der Waals surface area contributed by atoms with Gasteiger partial charge in [-0.25, -0.2) is 4.39 Å². The predicted octanol–water partition coefficient (Wildman–Crippen LogP) is 5.42. The first-order valence-electron chi connectivity index (χ1n) is 7.36. The Bertz CT molecular complexity index is 796. The lowest BCUT2D eigenvalue weighted by Crippen LogP contribution is -2.28. The van der Waals surface area contributed by atoms with Crippen molar-refractivity contribution in [3.05, 3.63) is 75.5 Å². The Morgan fingerprint density at radius 2 is 2.04 bits per heavy atom. The van der Waals surface area contributed by atoms with Gasteiger partial charge in [0.2, 0.25) is 5.91 Å². The fourth-order valence-electron chi connectivity index (χ4n) is 2.52. The van der Waals surface area contributed by atoms with Crippen molar-refractivity contribution in [1.82, 2.24) is 4.90 Å². The molecule has 0 N–H and O–H groups in total. The molecule has 1 aliphatic rings. The zero-order valence-electron chi connectivity index (χ0n) is 12.6. The summed E-state index contributed by atoms with van der Waals surface area (Å²) in [6.07, 6.45) is 2.91. The second-order valence-electron chi connectivity index (χ2n) is 5.28. The summed E-state index contributed by atoms with van der Waals surface area (Å²) in [7, 11) is 0. The summed E-state index contributed by atoms with van der Waals surface area (Å²) in [5, 5.41) is 0.939. The highest BCUT2D eigenvalue weighted by Gasteiger charge is 2.30. The van der Waals surface area contributed by atoms with Crippen LogP contribution in [0, 0.1) is 5.82 Å². The minimum absolute atomic E-state index is 0.160. The van der Waals surface area contributed by atoms with Crippen LogP contribution in [0.15, 0.2) is 48.5 Å². The van der Waals surface area contributed by atoms with Crippen molar-refractivity contribution in [1.29, 1.82) is 0 Å². The number of benzene rings is 2. The number of nitrogens with zero attached hydrogens (tertiary/aromatic N) is 1. The molecule has 124 valence electrons. The second-order valence-corrected chi connectivity index (χ2v) is 7.31. The maximum Gasteiger partial charge on any atom is 0.247 e. The Hall–Kier alpha value is -1.49. The van der Waals surface area contributed by atoms with Crippen molar-refractivity contribution in [2.24, 2.45) is 0 Å². The summed E-state index contributed by atoms with van der Waals surface area (Å²) < 4.78 is 13.6. The molecule has 1 fully saturated rings. The first kappa shape index (κ1) is 17.3. The number of hydrogen-bond donors (Lipinski definition) is 0. The van der Waals surface area contributed by atoms with E-state index in [-0.39, 0.29) is 17.1 Å². The monoisotopic (exact) mass is 381 g/mol. The number of halogens is 3. The van der Waals surface area contributed by atoms with Crippen LogP contribution >= 0.6 is 35.0 Å².